The van der Waals surface area contributed by atoms with Crippen LogP contribution in [0.15, 0.2) is 41.5 Å². The molecule has 0 bridgehead atoms. The van der Waals surface area contributed by atoms with E-state index >= 15 is 0 Å². The number of alkyl halides is 3. The fourth-order valence-corrected chi connectivity index (χ4v) is 1.68. The van der Waals surface area contributed by atoms with Gasteiger partial charge < -0.3 is 9.55 Å². The number of pyridine rings is 1. The van der Waals surface area contributed by atoms with Crippen LogP contribution in [0, 0.1) is 0 Å². The van der Waals surface area contributed by atoms with Crippen molar-refractivity contribution in [2.75, 3.05) is 0 Å². The Morgan fingerprint density at radius 3 is 2.52 bits per heavy atom. The Kier molecular flexibility index (Phi) is 4.53. The van der Waals surface area contributed by atoms with Crippen LogP contribution in [-0.4, -0.2) is 21.4 Å². The number of aromatic amines is 1. The first kappa shape index (κ1) is 16.3. The number of hydrogen-bond donors (Lipinski definition) is 3. The average Bonchev–Trinajstić information content (AvgIpc) is 3.00. The summed E-state index contributed by atoms with van der Waals surface area (Å²) < 4.78 is 38.3. The molecule has 2 aromatic rings. The van der Waals surface area contributed by atoms with Gasteiger partial charge in [-0.15, -0.1) is 0 Å². The summed E-state index contributed by atoms with van der Waals surface area (Å²) in [7, 11) is 0. The van der Waals surface area contributed by atoms with Crippen molar-refractivity contribution in [2.45, 2.75) is 12.7 Å². The Balaban J connectivity index is 2.00. The lowest BCUT2D eigenvalue weighted by atomic mass is 10.3. The van der Waals surface area contributed by atoms with Crippen LogP contribution in [0.2, 0.25) is 0 Å². The van der Waals surface area contributed by atoms with Crippen molar-refractivity contribution >= 4 is 11.8 Å². The molecule has 0 unspecified atom stereocenters. The molecule has 0 aromatic carbocycles. The van der Waals surface area contributed by atoms with Gasteiger partial charge in [-0.25, -0.2) is 0 Å². The summed E-state index contributed by atoms with van der Waals surface area (Å²) >= 11 is 0. The zero-order chi connectivity index (χ0) is 17.0. The average molecular weight is 328 g/mol. The van der Waals surface area contributed by atoms with Crippen LogP contribution in [0.4, 0.5) is 13.2 Å². The van der Waals surface area contributed by atoms with Gasteiger partial charge in [0.05, 0.1) is 5.56 Å². The van der Waals surface area contributed by atoms with Crippen molar-refractivity contribution in [2.24, 2.45) is 0 Å². The molecule has 0 saturated carbocycles. The number of hydrogen-bond acceptors (Lipinski definition) is 3. The number of halogens is 3. The van der Waals surface area contributed by atoms with Gasteiger partial charge in [0.15, 0.2) is 0 Å². The van der Waals surface area contributed by atoms with Crippen LogP contribution in [0.1, 0.15) is 16.1 Å². The van der Waals surface area contributed by atoms with E-state index in [1.54, 1.807) is 6.07 Å². The number of hydrazine groups is 1. The second-order valence-electron chi connectivity index (χ2n) is 4.47. The highest BCUT2D eigenvalue weighted by molar-refractivity contribution is 5.93. The maximum Gasteiger partial charge on any atom is 0.417 e. The second kappa shape index (κ2) is 6.38. The molecule has 7 nitrogen and oxygen atoms in total. The van der Waals surface area contributed by atoms with E-state index in [1.807, 2.05) is 5.43 Å². The number of nitrogens with one attached hydrogen (secondary N) is 3. The van der Waals surface area contributed by atoms with Crippen LogP contribution >= 0.6 is 0 Å². The van der Waals surface area contributed by atoms with Gasteiger partial charge in [-0.05, 0) is 18.2 Å². The fourth-order valence-electron chi connectivity index (χ4n) is 1.68. The summed E-state index contributed by atoms with van der Waals surface area (Å²) in [6.07, 6.45) is -2.60. The van der Waals surface area contributed by atoms with Gasteiger partial charge in [0.1, 0.15) is 12.2 Å². The summed E-state index contributed by atoms with van der Waals surface area (Å²) in [4.78, 5) is 37.2. The largest absolute Gasteiger partial charge is 0.417 e. The highest BCUT2D eigenvalue weighted by atomic mass is 19.4. The zero-order valence-corrected chi connectivity index (χ0v) is 11.5. The molecule has 122 valence electrons. The first-order valence-corrected chi connectivity index (χ1v) is 6.27. The standard InChI is InChI=1S/C13H11F3N4O3/c14-13(15,16)8-3-4-11(22)20(6-8)7-10(21)18-19-12(23)9-2-1-5-17-9/h1-6,17H,7H2,(H,18,21)(H,19,23). The molecule has 3 N–H and O–H groups in total. The van der Waals surface area contributed by atoms with Crippen molar-refractivity contribution < 1.29 is 22.8 Å². The van der Waals surface area contributed by atoms with Crippen LogP contribution in [-0.2, 0) is 17.5 Å². The molecule has 0 aliphatic heterocycles. The molecule has 0 saturated heterocycles. The zero-order valence-electron chi connectivity index (χ0n) is 11.5. The molecule has 2 aromatic heterocycles. The van der Waals surface area contributed by atoms with Crippen molar-refractivity contribution in [3.63, 3.8) is 0 Å². The lowest BCUT2D eigenvalue weighted by Gasteiger charge is -2.11. The third-order valence-corrected chi connectivity index (χ3v) is 2.78. The van der Waals surface area contributed by atoms with Crippen molar-refractivity contribution in [1.29, 1.82) is 0 Å². The minimum Gasteiger partial charge on any atom is -0.357 e. The van der Waals surface area contributed by atoms with Gasteiger partial charge in [0.25, 0.3) is 17.4 Å². The lowest BCUT2D eigenvalue weighted by Crippen LogP contribution is -2.44. The van der Waals surface area contributed by atoms with Gasteiger partial charge in [0, 0.05) is 18.5 Å². The highest BCUT2D eigenvalue weighted by Gasteiger charge is 2.31. The molecule has 2 rings (SSSR count). The number of aromatic nitrogens is 2. The van der Waals surface area contributed by atoms with Crippen molar-refractivity contribution in [1.82, 2.24) is 20.4 Å². The molecule has 0 radical (unpaired) electrons. The molecule has 0 fully saturated rings. The van der Waals surface area contributed by atoms with Crippen LogP contribution in [0.5, 0.6) is 0 Å². The minimum atomic E-state index is -4.63. The Labute approximate surface area is 127 Å². The van der Waals surface area contributed by atoms with Gasteiger partial charge in [0.2, 0.25) is 0 Å². The maximum atomic E-state index is 12.6. The third kappa shape index (κ3) is 4.22. The van der Waals surface area contributed by atoms with Crippen LogP contribution in [0.3, 0.4) is 0 Å². The topological polar surface area (TPSA) is 96.0 Å². The van der Waals surface area contributed by atoms with Crippen LogP contribution in [0.25, 0.3) is 0 Å². The smallest absolute Gasteiger partial charge is 0.357 e. The number of rotatable bonds is 3. The van der Waals surface area contributed by atoms with Gasteiger partial charge in [-0.1, -0.05) is 0 Å². The monoisotopic (exact) mass is 328 g/mol. The maximum absolute atomic E-state index is 12.6. The van der Waals surface area contributed by atoms with E-state index in [9.17, 15) is 27.6 Å². The highest BCUT2D eigenvalue weighted by Crippen LogP contribution is 2.27. The molecule has 0 aliphatic rings. The number of carbonyl (C=O) groups excluding carboxylic acids is 2. The molecular formula is C13H11F3N4O3. The predicted octanol–water partition coefficient (Wildman–Crippen LogP) is 0.656. The molecule has 2 amide bonds. The quantitative estimate of drug-likeness (QED) is 0.722. The lowest BCUT2D eigenvalue weighted by molar-refractivity contribution is -0.138. The third-order valence-electron chi connectivity index (χ3n) is 2.78. The van der Waals surface area contributed by atoms with Gasteiger partial charge >= 0.3 is 6.18 Å². The summed E-state index contributed by atoms with van der Waals surface area (Å²) in [5.41, 5.74) is 2.42. The van der Waals surface area contributed by atoms with Gasteiger partial charge in [-0.2, -0.15) is 13.2 Å². The molecule has 10 heteroatoms. The predicted molar refractivity (Wildman–Crippen MR) is 72.1 cm³/mol. The molecule has 0 spiro atoms. The Hall–Kier alpha value is -3.04. The normalized spacial score (nSPS) is 11.1. The van der Waals surface area contributed by atoms with Crippen molar-refractivity contribution in [3.8, 4) is 0 Å². The first-order valence-electron chi connectivity index (χ1n) is 6.27. The molecule has 0 atom stereocenters. The second-order valence-corrected chi connectivity index (χ2v) is 4.47. The van der Waals surface area contributed by atoms with E-state index in [1.165, 1.54) is 12.3 Å². The Bertz CT molecular complexity index is 766. The molecule has 0 aliphatic carbocycles. The van der Waals surface area contributed by atoms with Crippen LogP contribution < -0.4 is 16.4 Å². The molecule has 2 heterocycles. The SMILES string of the molecule is O=C(Cn1cc(C(F)(F)F)ccc1=O)NNC(=O)c1ccc[nH]1. The first-order chi connectivity index (χ1) is 10.8. The Morgan fingerprint density at radius 1 is 1.17 bits per heavy atom. The van der Waals surface area contributed by atoms with E-state index in [4.69, 9.17) is 0 Å². The summed E-state index contributed by atoms with van der Waals surface area (Å²) in [6, 6.07) is 4.37. The van der Waals surface area contributed by atoms with E-state index in [2.05, 4.69) is 10.4 Å². The number of amides is 2. The summed E-state index contributed by atoms with van der Waals surface area (Å²) in [5, 5.41) is 0. The number of H-pyrrole nitrogens is 1. The van der Waals surface area contributed by atoms with Gasteiger partial charge in [-0.3, -0.25) is 25.2 Å². The summed E-state index contributed by atoms with van der Waals surface area (Å²) in [6.45, 7) is -0.673. The summed E-state index contributed by atoms with van der Waals surface area (Å²) in [5.74, 6) is -1.49. The van der Waals surface area contributed by atoms with E-state index in [0.29, 0.717) is 22.9 Å². The number of nitrogens with zero attached hydrogens (tertiary/aromatic N) is 1. The van der Waals surface area contributed by atoms with E-state index < -0.39 is 35.7 Å². The van der Waals surface area contributed by atoms with Crippen molar-refractivity contribution in [3.05, 3.63) is 58.3 Å². The Morgan fingerprint density at radius 2 is 1.91 bits per heavy atom. The van der Waals surface area contributed by atoms with E-state index in [0.717, 1.165) is 0 Å². The fraction of sp³-hybridized carbons (Fsp3) is 0.154. The minimum absolute atomic E-state index is 0.182. The molecular weight excluding hydrogens is 317 g/mol. The van der Waals surface area contributed by atoms with E-state index in [-0.39, 0.29) is 5.69 Å². The molecule has 23 heavy (non-hydrogen) atoms. The number of carbonyl (C=O) groups is 2.